The van der Waals surface area contributed by atoms with Gasteiger partial charge in [-0.05, 0) is 11.6 Å². The zero-order valence-corrected chi connectivity index (χ0v) is 10.3. The molecule has 1 aromatic rings. The molecule has 0 unspecified atom stereocenters. The smallest absolute Gasteiger partial charge is 0.328 e. The first kappa shape index (κ1) is 14.7. The molecule has 1 heterocycles. The molecule has 0 radical (unpaired) electrons. The maximum absolute atomic E-state index is 11.4. The van der Waals surface area contributed by atoms with Crippen molar-refractivity contribution in [2.45, 2.75) is 12.6 Å². The molecule has 1 rings (SSSR count). The van der Waals surface area contributed by atoms with Crippen molar-refractivity contribution in [1.29, 1.82) is 0 Å². The summed E-state index contributed by atoms with van der Waals surface area (Å²) in [6, 6.07) is 1.31. The number of aromatic nitrogens is 1. The number of carboxylic acid groups (broad SMARTS) is 1. The first-order chi connectivity index (χ1) is 9.06. The number of ether oxygens (including phenoxy) is 1. The molecule has 104 valence electrons. The highest BCUT2D eigenvalue weighted by molar-refractivity contribution is 5.82. The summed E-state index contributed by atoms with van der Waals surface area (Å²) in [6.45, 7) is -0.492. The lowest BCUT2D eigenvalue weighted by Gasteiger charge is -2.12. The predicted molar refractivity (Wildman–Crippen MR) is 64.7 cm³/mol. The molecule has 0 saturated carbocycles. The van der Waals surface area contributed by atoms with E-state index in [1.807, 2.05) is 0 Å². The first-order valence-corrected chi connectivity index (χ1v) is 5.43. The van der Waals surface area contributed by atoms with E-state index in [4.69, 9.17) is 14.9 Å². The van der Waals surface area contributed by atoms with Gasteiger partial charge in [-0.3, -0.25) is 0 Å². The van der Waals surface area contributed by atoms with Gasteiger partial charge >= 0.3 is 12.0 Å². The van der Waals surface area contributed by atoms with E-state index >= 15 is 0 Å². The van der Waals surface area contributed by atoms with Gasteiger partial charge in [0.25, 0.3) is 0 Å². The van der Waals surface area contributed by atoms with Crippen molar-refractivity contribution in [1.82, 2.24) is 15.6 Å². The predicted octanol–water partition coefficient (Wildman–Crippen LogP) is -0.665. The van der Waals surface area contributed by atoms with Crippen LogP contribution in [-0.2, 0) is 11.3 Å². The standard InChI is InChI=1S/C11H15N3O5/c1-19-9-4-7(2-3-12-9)5-13-11(18)14-8(6-15)10(16)17/h2-4,8,15H,5-6H2,1H3,(H,16,17)(H2,13,14,18)/t8-/m1/s1. The van der Waals surface area contributed by atoms with Crippen LogP contribution in [0.4, 0.5) is 4.79 Å². The van der Waals surface area contributed by atoms with Gasteiger partial charge in [0.05, 0.1) is 13.7 Å². The van der Waals surface area contributed by atoms with E-state index < -0.39 is 24.6 Å². The zero-order chi connectivity index (χ0) is 14.3. The van der Waals surface area contributed by atoms with Crippen molar-refractivity contribution in [3.63, 3.8) is 0 Å². The van der Waals surface area contributed by atoms with Crippen LogP contribution in [0.3, 0.4) is 0 Å². The first-order valence-electron chi connectivity index (χ1n) is 5.43. The fraction of sp³-hybridized carbons (Fsp3) is 0.364. The van der Waals surface area contributed by atoms with Crippen LogP contribution in [0, 0.1) is 0 Å². The summed E-state index contributed by atoms with van der Waals surface area (Å²) < 4.78 is 4.92. The van der Waals surface area contributed by atoms with Crippen LogP contribution < -0.4 is 15.4 Å². The van der Waals surface area contributed by atoms with Crippen LogP contribution in [0.1, 0.15) is 5.56 Å². The summed E-state index contributed by atoms with van der Waals surface area (Å²) in [7, 11) is 1.48. The molecule has 8 nitrogen and oxygen atoms in total. The SMILES string of the molecule is COc1cc(CNC(=O)N[C@H](CO)C(=O)O)ccn1. The average Bonchev–Trinajstić information content (AvgIpc) is 2.42. The Morgan fingerprint density at radius 2 is 2.26 bits per heavy atom. The number of urea groups is 1. The zero-order valence-electron chi connectivity index (χ0n) is 10.3. The van der Waals surface area contributed by atoms with Crippen molar-refractivity contribution in [2.24, 2.45) is 0 Å². The third-order valence-corrected chi connectivity index (χ3v) is 2.25. The van der Waals surface area contributed by atoms with Crippen molar-refractivity contribution in [3.05, 3.63) is 23.9 Å². The fourth-order valence-corrected chi connectivity index (χ4v) is 1.25. The van der Waals surface area contributed by atoms with Crippen molar-refractivity contribution >= 4 is 12.0 Å². The van der Waals surface area contributed by atoms with Crippen molar-refractivity contribution in [3.8, 4) is 5.88 Å². The van der Waals surface area contributed by atoms with Crippen LogP contribution >= 0.6 is 0 Å². The topological polar surface area (TPSA) is 121 Å². The minimum absolute atomic E-state index is 0.183. The monoisotopic (exact) mass is 269 g/mol. The summed E-state index contributed by atoms with van der Waals surface area (Å²) in [4.78, 5) is 25.9. The molecule has 1 aromatic heterocycles. The molecule has 0 aromatic carbocycles. The van der Waals surface area contributed by atoms with Crippen LogP contribution in [-0.4, -0.2) is 47.0 Å². The van der Waals surface area contributed by atoms with Gasteiger partial charge in [-0.2, -0.15) is 0 Å². The Morgan fingerprint density at radius 3 is 2.84 bits per heavy atom. The summed E-state index contributed by atoms with van der Waals surface area (Å²) in [5.74, 6) is -0.887. The highest BCUT2D eigenvalue weighted by Gasteiger charge is 2.18. The van der Waals surface area contributed by atoms with Crippen LogP contribution in [0.2, 0.25) is 0 Å². The van der Waals surface area contributed by atoms with Gasteiger partial charge in [-0.25, -0.2) is 14.6 Å². The lowest BCUT2D eigenvalue weighted by atomic mass is 10.2. The van der Waals surface area contributed by atoms with Gasteiger partial charge < -0.3 is 25.6 Å². The lowest BCUT2D eigenvalue weighted by molar-refractivity contribution is -0.140. The number of methoxy groups -OCH3 is 1. The third-order valence-electron chi connectivity index (χ3n) is 2.25. The number of aliphatic hydroxyl groups is 1. The molecule has 0 aliphatic rings. The molecule has 1 atom stereocenters. The van der Waals surface area contributed by atoms with E-state index in [1.54, 1.807) is 12.1 Å². The Labute approximate surface area is 109 Å². The van der Waals surface area contributed by atoms with E-state index in [-0.39, 0.29) is 6.54 Å². The second-order valence-electron chi connectivity index (χ2n) is 3.61. The van der Waals surface area contributed by atoms with E-state index in [0.29, 0.717) is 5.88 Å². The number of nitrogens with zero attached hydrogens (tertiary/aromatic N) is 1. The maximum atomic E-state index is 11.4. The maximum Gasteiger partial charge on any atom is 0.328 e. The molecule has 4 N–H and O–H groups in total. The van der Waals surface area contributed by atoms with Gasteiger partial charge in [-0.1, -0.05) is 0 Å². The number of nitrogens with one attached hydrogen (secondary N) is 2. The second-order valence-corrected chi connectivity index (χ2v) is 3.61. The number of amides is 2. The molecular formula is C11H15N3O5. The summed E-state index contributed by atoms with van der Waals surface area (Å²) in [5, 5.41) is 22.0. The molecule has 0 fully saturated rings. The molecule has 0 spiro atoms. The van der Waals surface area contributed by atoms with Gasteiger partial charge in [-0.15, -0.1) is 0 Å². The number of aliphatic carboxylic acids is 1. The Hall–Kier alpha value is -2.35. The van der Waals surface area contributed by atoms with E-state index in [2.05, 4.69) is 15.6 Å². The molecule has 0 aliphatic heterocycles. The number of pyridine rings is 1. The average molecular weight is 269 g/mol. The molecular weight excluding hydrogens is 254 g/mol. The minimum atomic E-state index is -1.33. The Morgan fingerprint density at radius 1 is 1.53 bits per heavy atom. The Bertz CT molecular complexity index is 452. The summed E-state index contributed by atoms with van der Waals surface area (Å²) >= 11 is 0. The Balaban J connectivity index is 2.47. The van der Waals surface area contributed by atoms with Crippen LogP contribution in [0.15, 0.2) is 18.3 Å². The van der Waals surface area contributed by atoms with Crippen molar-refractivity contribution < 1.29 is 24.5 Å². The molecule has 0 saturated heterocycles. The molecule has 8 heteroatoms. The summed E-state index contributed by atoms with van der Waals surface area (Å²) in [6.07, 6.45) is 1.53. The normalized spacial score (nSPS) is 11.5. The summed E-state index contributed by atoms with van der Waals surface area (Å²) in [5.41, 5.74) is 0.748. The molecule has 0 bridgehead atoms. The minimum Gasteiger partial charge on any atom is -0.481 e. The molecule has 2 amide bonds. The van der Waals surface area contributed by atoms with Crippen molar-refractivity contribution in [2.75, 3.05) is 13.7 Å². The number of hydrogen-bond donors (Lipinski definition) is 4. The molecule has 19 heavy (non-hydrogen) atoms. The van der Waals surface area contributed by atoms with Crippen LogP contribution in [0.25, 0.3) is 0 Å². The van der Waals surface area contributed by atoms with E-state index in [1.165, 1.54) is 13.3 Å². The highest BCUT2D eigenvalue weighted by atomic mass is 16.5. The third kappa shape index (κ3) is 4.80. The largest absolute Gasteiger partial charge is 0.481 e. The number of rotatable bonds is 6. The van der Waals surface area contributed by atoms with Gasteiger partial charge in [0.15, 0.2) is 6.04 Å². The Kier molecular flexibility index (Phi) is 5.55. The number of carboxylic acids is 1. The highest BCUT2D eigenvalue weighted by Crippen LogP contribution is 2.07. The number of carbonyl (C=O) groups excluding carboxylic acids is 1. The molecule has 0 aliphatic carbocycles. The van der Waals surface area contributed by atoms with Gasteiger partial charge in [0.1, 0.15) is 0 Å². The quantitative estimate of drug-likeness (QED) is 0.544. The van der Waals surface area contributed by atoms with Gasteiger partial charge in [0.2, 0.25) is 5.88 Å². The second kappa shape index (κ2) is 7.17. The van der Waals surface area contributed by atoms with E-state index in [9.17, 15) is 9.59 Å². The number of aliphatic hydroxyl groups excluding tert-OH is 1. The fourth-order valence-electron chi connectivity index (χ4n) is 1.25. The van der Waals surface area contributed by atoms with Crippen LogP contribution in [0.5, 0.6) is 5.88 Å². The number of hydrogen-bond acceptors (Lipinski definition) is 5. The number of carbonyl (C=O) groups is 2. The van der Waals surface area contributed by atoms with Gasteiger partial charge in [0, 0.05) is 18.8 Å². The lowest BCUT2D eigenvalue weighted by Crippen LogP contribution is -2.47. The van der Waals surface area contributed by atoms with E-state index in [0.717, 1.165) is 5.56 Å².